The first kappa shape index (κ1) is 27.3. The molecule has 35 heavy (non-hydrogen) atoms. The molecule has 0 spiro atoms. The molecule has 4 aromatic rings. The van der Waals surface area contributed by atoms with Gasteiger partial charge in [-0.3, -0.25) is 0 Å². The Labute approximate surface area is 216 Å². The number of hydrogen-bond donors (Lipinski definition) is 0. The zero-order chi connectivity index (χ0) is 24.2. The maximum absolute atomic E-state index is 10.8. The Morgan fingerprint density at radius 3 is 1.17 bits per heavy atom. The van der Waals surface area contributed by atoms with Gasteiger partial charge in [0.2, 0.25) is 0 Å². The number of hydrogen-bond acceptors (Lipinski definition) is 6. The zero-order valence-corrected chi connectivity index (χ0v) is 21.9. The Morgan fingerprint density at radius 2 is 0.829 bits per heavy atom. The van der Waals surface area contributed by atoms with Gasteiger partial charge in [-0.05, 0) is 35.4 Å². The maximum atomic E-state index is 10.8. The summed E-state index contributed by atoms with van der Waals surface area (Å²) >= 11 is 0. The van der Waals surface area contributed by atoms with Crippen LogP contribution in [0.15, 0.2) is 109 Å². The molecule has 0 saturated carbocycles. The summed E-state index contributed by atoms with van der Waals surface area (Å²) in [6.07, 6.45) is 0. The molecule has 0 aliphatic rings. The number of ether oxygens (including phenoxy) is 2. The molecule has 0 unspecified atom stereocenters. The Morgan fingerprint density at radius 1 is 0.514 bits per heavy atom. The molecule has 0 N–H and O–H groups in total. The molecule has 0 radical (unpaired) electrons. The largest absolute Gasteiger partial charge is 2.00 e. The van der Waals surface area contributed by atoms with Crippen LogP contribution in [0.2, 0.25) is 0 Å². The first-order valence-electron chi connectivity index (χ1n) is 10.5. The molecule has 172 valence electrons. The van der Waals surface area contributed by atoms with Crippen LogP contribution in [0.3, 0.4) is 0 Å². The summed E-state index contributed by atoms with van der Waals surface area (Å²) in [5.41, 5.74) is 2.12. The zero-order valence-electron chi connectivity index (χ0n) is 19.0. The summed E-state index contributed by atoms with van der Waals surface area (Å²) in [6, 6.07) is 32.0. The third kappa shape index (κ3) is 8.72. The Bertz CT molecular complexity index is 1120. The van der Waals surface area contributed by atoms with Crippen LogP contribution in [0.25, 0.3) is 0 Å². The van der Waals surface area contributed by atoms with Crippen molar-refractivity contribution < 1.29 is 48.8 Å². The van der Waals surface area contributed by atoms with Gasteiger partial charge in [-0.2, -0.15) is 0 Å². The molecule has 0 aliphatic carbocycles. The summed E-state index contributed by atoms with van der Waals surface area (Å²) in [5, 5.41) is 21.7. The van der Waals surface area contributed by atoms with Crippen LogP contribution in [-0.2, 0) is 32.7 Å². The number of aromatic carboxylic acids is 2. The molecule has 0 fully saturated rings. The van der Waals surface area contributed by atoms with Crippen molar-refractivity contribution in [1.29, 1.82) is 0 Å². The number of carbonyl (C=O) groups excluding carboxylic acids is 2. The molecule has 7 heteroatoms. The van der Waals surface area contributed by atoms with Crippen LogP contribution in [0.5, 0.6) is 11.5 Å². The topological polar surface area (TPSA) is 98.7 Å². The molecule has 0 atom stereocenters. The van der Waals surface area contributed by atoms with E-state index >= 15 is 0 Å². The molecule has 0 heterocycles. The molecular formula is C28H22O6Zn. The van der Waals surface area contributed by atoms with Gasteiger partial charge < -0.3 is 29.3 Å². The van der Waals surface area contributed by atoms with Crippen molar-refractivity contribution in [1.82, 2.24) is 0 Å². The summed E-state index contributed by atoms with van der Waals surface area (Å²) in [4.78, 5) is 21.7. The van der Waals surface area contributed by atoms with E-state index in [0.717, 1.165) is 11.1 Å². The van der Waals surface area contributed by atoms with Gasteiger partial charge in [0.05, 0.1) is 11.9 Å². The second-order valence-electron chi connectivity index (χ2n) is 7.12. The second kappa shape index (κ2) is 14.3. The molecule has 4 aromatic carbocycles. The first-order chi connectivity index (χ1) is 16.5. The fraction of sp³-hybridized carbons (Fsp3) is 0.0714. The van der Waals surface area contributed by atoms with Gasteiger partial charge in [0.25, 0.3) is 0 Å². The SMILES string of the molecule is O=C([O-])c1ccccc1OCc1ccccc1.O=C([O-])c1ccccc1OCc1ccccc1.[Zn+2]. The molecular weight excluding hydrogens is 498 g/mol. The van der Waals surface area contributed by atoms with E-state index in [1.54, 1.807) is 36.4 Å². The molecule has 0 aliphatic heterocycles. The number of benzene rings is 4. The minimum absolute atomic E-state index is 0. The van der Waals surface area contributed by atoms with Crippen molar-refractivity contribution in [3.63, 3.8) is 0 Å². The van der Waals surface area contributed by atoms with E-state index in [4.69, 9.17) is 9.47 Å². The van der Waals surface area contributed by atoms with E-state index in [9.17, 15) is 19.8 Å². The summed E-state index contributed by atoms with van der Waals surface area (Å²) in [7, 11) is 0. The molecule has 4 rings (SSSR count). The Balaban J connectivity index is 0.000000240. The Hall–Kier alpha value is -3.96. The van der Waals surface area contributed by atoms with Gasteiger partial charge in [-0.25, -0.2) is 0 Å². The third-order valence-electron chi connectivity index (χ3n) is 4.69. The van der Waals surface area contributed by atoms with Crippen molar-refractivity contribution in [3.05, 3.63) is 131 Å². The van der Waals surface area contributed by atoms with Gasteiger partial charge in [0.15, 0.2) is 0 Å². The van der Waals surface area contributed by atoms with Gasteiger partial charge in [0.1, 0.15) is 24.7 Å². The van der Waals surface area contributed by atoms with Crippen molar-refractivity contribution in [2.45, 2.75) is 13.2 Å². The van der Waals surface area contributed by atoms with E-state index < -0.39 is 11.9 Å². The van der Waals surface area contributed by atoms with Crippen LogP contribution in [0.1, 0.15) is 31.8 Å². The van der Waals surface area contributed by atoms with Crippen molar-refractivity contribution in [2.24, 2.45) is 0 Å². The summed E-state index contributed by atoms with van der Waals surface area (Å²) in [5.74, 6) is -1.80. The van der Waals surface area contributed by atoms with E-state index in [0.29, 0.717) is 24.7 Å². The van der Waals surface area contributed by atoms with E-state index in [-0.39, 0.29) is 30.6 Å². The van der Waals surface area contributed by atoms with E-state index in [1.165, 1.54) is 12.1 Å². The third-order valence-corrected chi connectivity index (χ3v) is 4.69. The fourth-order valence-corrected chi connectivity index (χ4v) is 2.99. The number of carboxylic acid groups (broad SMARTS) is 2. The van der Waals surface area contributed by atoms with Gasteiger partial charge >= 0.3 is 19.5 Å². The molecule has 0 amide bonds. The standard InChI is InChI=1S/2C14H12O3.Zn/c2*15-14(16)12-8-4-5-9-13(12)17-10-11-6-2-1-3-7-11;/h2*1-9H,10H2,(H,15,16);/q;;+2/p-2. The monoisotopic (exact) mass is 518 g/mol. The van der Waals surface area contributed by atoms with Crippen molar-refractivity contribution in [2.75, 3.05) is 0 Å². The van der Waals surface area contributed by atoms with E-state index in [1.807, 2.05) is 60.7 Å². The summed E-state index contributed by atoms with van der Waals surface area (Å²) < 4.78 is 10.9. The van der Waals surface area contributed by atoms with Crippen LogP contribution < -0.4 is 19.7 Å². The minimum Gasteiger partial charge on any atom is -0.545 e. The smallest absolute Gasteiger partial charge is 0.545 e. The van der Waals surface area contributed by atoms with Crippen molar-refractivity contribution in [3.8, 4) is 11.5 Å². The van der Waals surface area contributed by atoms with Gasteiger partial charge in [0, 0.05) is 11.1 Å². The Kier molecular flexibility index (Phi) is 11.2. The van der Waals surface area contributed by atoms with E-state index in [2.05, 4.69) is 0 Å². The van der Waals surface area contributed by atoms with Crippen molar-refractivity contribution >= 4 is 11.9 Å². The van der Waals surface area contributed by atoms with Gasteiger partial charge in [-0.1, -0.05) is 84.9 Å². The van der Waals surface area contributed by atoms with Crippen LogP contribution in [0, 0.1) is 0 Å². The van der Waals surface area contributed by atoms with Crippen LogP contribution >= 0.6 is 0 Å². The van der Waals surface area contributed by atoms with Gasteiger partial charge in [-0.15, -0.1) is 0 Å². The van der Waals surface area contributed by atoms with Crippen LogP contribution in [0.4, 0.5) is 0 Å². The average molecular weight is 520 g/mol. The normalized spacial score (nSPS) is 9.60. The number of carboxylic acids is 2. The maximum Gasteiger partial charge on any atom is 2.00 e. The first-order valence-corrected chi connectivity index (χ1v) is 10.5. The molecule has 6 nitrogen and oxygen atoms in total. The predicted molar refractivity (Wildman–Crippen MR) is 123 cm³/mol. The molecule has 0 aromatic heterocycles. The number of para-hydroxylation sites is 2. The molecule has 0 saturated heterocycles. The minimum atomic E-state index is -1.23. The second-order valence-corrected chi connectivity index (χ2v) is 7.12. The quantitative estimate of drug-likeness (QED) is 0.331. The number of carbonyl (C=O) groups is 2. The van der Waals surface area contributed by atoms with Crippen LogP contribution in [-0.4, -0.2) is 11.9 Å². The molecule has 0 bridgehead atoms. The fourth-order valence-electron chi connectivity index (χ4n) is 2.99. The average Bonchev–Trinajstić information content (AvgIpc) is 2.88. The predicted octanol–water partition coefficient (Wildman–Crippen LogP) is 3.26. The summed E-state index contributed by atoms with van der Waals surface area (Å²) in [6.45, 7) is 0.677. The number of rotatable bonds is 8.